The molecule has 88 valence electrons. The van der Waals surface area contributed by atoms with Gasteiger partial charge >= 0.3 is 0 Å². The Morgan fingerprint density at radius 3 is 2.62 bits per heavy atom. The molecule has 2 rings (SSSR count). The molecular weight excluding hydrogens is 202 g/mol. The highest BCUT2D eigenvalue weighted by molar-refractivity contribution is 5.40. The highest BCUT2D eigenvalue weighted by Gasteiger charge is 2.39. The summed E-state index contributed by atoms with van der Waals surface area (Å²) in [6.45, 7) is 4.65. The predicted molar refractivity (Wildman–Crippen MR) is 64.2 cm³/mol. The van der Waals surface area contributed by atoms with Crippen LogP contribution in [0.15, 0.2) is 18.2 Å². The summed E-state index contributed by atoms with van der Waals surface area (Å²) < 4.78 is 10.6. The van der Waals surface area contributed by atoms with Crippen molar-refractivity contribution in [3.63, 3.8) is 0 Å². The lowest BCUT2D eigenvalue weighted by atomic mass is 9.78. The molecule has 1 saturated heterocycles. The number of benzene rings is 1. The van der Waals surface area contributed by atoms with Gasteiger partial charge in [-0.05, 0) is 31.2 Å². The van der Waals surface area contributed by atoms with Gasteiger partial charge in [0.2, 0.25) is 0 Å². The number of likely N-dealkylation sites (N-methyl/N-ethyl adjacent to an activating group) is 1. The number of aryl methyl sites for hydroxylation is 1. The molecule has 1 N–H and O–H groups in total. The van der Waals surface area contributed by atoms with E-state index < -0.39 is 0 Å². The molecule has 0 aliphatic carbocycles. The summed E-state index contributed by atoms with van der Waals surface area (Å²) >= 11 is 0. The minimum absolute atomic E-state index is 0.159. The van der Waals surface area contributed by atoms with E-state index in [1.807, 2.05) is 13.1 Å². The molecule has 0 aromatic heterocycles. The van der Waals surface area contributed by atoms with Crippen molar-refractivity contribution in [3.8, 4) is 5.75 Å². The first-order valence-electron chi connectivity index (χ1n) is 5.59. The van der Waals surface area contributed by atoms with Crippen molar-refractivity contribution in [2.24, 2.45) is 0 Å². The maximum atomic E-state index is 5.37. The molecule has 0 amide bonds. The van der Waals surface area contributed by atoms with Crippen LogP contribution < -0.4 is 10.1 Å². The van der Waals surface area contributed by atoms with Crippen molar-refractivity contribution < 1.29 is 9.47 Å². The Labute approximate surface area is 96.8 Å². The monoisotopic (exact) mass is 221 g/mol. The van der Waals surface area contributed by atoms with Gasteiger partial charge in [-0.1, -0.05) is 12.1 Å². The second kappa shape index (κ2) is 4.44. The maximum Gasteiger partial charge on any atom is 0.121 e. The molecule has 16 heavy (non-hydrogen) atoms. The van der Waals surface area contributed by atoms with Crippen molar-refractivity contribution >= 4 is 0 Å². The zero-order valence-corrected chi connectivity index (χ0v) is 10.2. The van der Waals surface area contributed by atoms with E-state index in [2.05, 4.69) is 24.4 Å². The van der Waals surface area contributed by atoms with E-state index in [4.69, 9.17) is 9.47 Å². The molecule has 0 unspecified atom stereocenters. The summed E-state index contributed by atoms with van der Waals surface area (Å²) in [5.74, 6) is 0.948. The quantitative estimate of drug-likeness (QED) is 0.835. The van der Waals surface area contributed by atoms with E-state index in [1.54, 1.807) is 7.11 Å². The molecule has 0 atom stereocenters. The van der Waals surface area contributed by atoms with Crippen LogP contribution in [0.4, 0.5) is 0 Å². The van der Waals surface area contributed by atoms with E-state index >= 15 is 0 Å². The smallest absolute Gasteiger partial charge is 0.121 e. The largest absolute Gasteiger partial charge is 0.496 e. The Balaban J connectivity index is 2.29. The fourth-order valence-corrected chi connectivity index (χ4v) is 2.27. The molecule has 3 heteroatoms. The van der Waals surface area contributed by atoms with Crippen LogP contribution in [0.5, 0.6) is 5.75 Å². The number of hydrogen-bond donors (Lipinski definition) is 1. The van der Waals surface area contributed by atoms with Gasteiger partial charge in [0, 0.05) is 6.54 Å². The zero-order valence-electron chi connectivity index (χ0n) is 10.2. The fraction of sp³-hybridized carbons (Fsp3) is 0.538. The predicted octanol–water partition coefficient (Wildman–Crippen LogP) is 1.49. The Kier molecular flexibility index (Phi) is 3.17. The van der Waals surface area contributed by atoms with Gasteiger partial charge < -0.3 is 14.8 Å². The number of rotatable bonds is 4. The van der Waals surface area contributed by atoms with Crippen molar-refractivity contribution in [1.29, 1.82) is 0 Å². The van der Waals surface area contributed by atoms with Crippen molar-refractivity contribution in [3.05, 3.63) is 29.3 Å². The number of hydrogen-bond acceptors (Lipinski definition) is 3. The highest BCUT2D eigenvalue weighted by atomic mass is 16.5. The molecule has 0 bridgehead atoms. The van der Waals surface area contributed by atoms with E-state index in [9.17, 15) is 0 Å². The first-order valence-corrected chi connectivity index (χ1v) is 5.59. The van der Waals surface area contributed by atoms with E-state index in [-0.39, 0.29) is 5.41 Å². The minimum Gasteiger partial charge on any atom is -0.496 e. The third kappa shape index (κ3) is 1.81. The highest BCUT2D eigenvalue weighted by Crippen LogP contribution is 2.34. The summed E-state index contributed by atoms with van der Waals surface area (Å²) in [4.78, 5) is 0. The Morgan fingerprint density at radius 2 is 2.19 bits per heavy atom. The van der Waals surface area contributed by atoms with Crippen LogP contribution in [0.2, 0.25) is 0 Å². The molecule has 1 heterocycles. The van der Waals surface area contributed by atoms with Gasteiger partial charge in [0.1, 0.15) is 5.75 Å². The average molecular weight is 221 g/mol. The summed E-state index contributed by atoms with van der Waals surface area (Å²) in [6.07, 6.45) is 0. The van der Waals surface area contributed by atoms with Gasteiger partial charge in [0.25, 0.3) is 0 Å². The van der Waals surface area contributed by atoms with Crippen molar-refractivity contribution in [2.45, 2.75) is 12.3 Å². The van der Waals surface area contributed by atoms with Crippen LogP contribution >= 0.6 is 0 Å². The Morgan fingerprint density at radius 1 is 1.44 bits per heavy atom. The van der Waals surface area contributed by atoms with Crippen LogP contribution in [0.25, 0.3) is 0 Å². The lowest BCUT2D eigenvalue weighted by Gasteiger charge is -2.42. The van der Waals surface area contributed by atoms with E-state index in [0.717, 1.165) is 25.5 Å². The summed E-state index contributed by atoms with van der Waals surface area (Å²) in [5.41, 5.74) is 2.68. The average Bonchev–Trinajstić information content (AvgIpc) is 2.23. The number of nitrogens with one attached hydrogen (secondary N) is 1. The maximum absolute atomic E-state index is 5.37. The summed E-state index contributed by atoms with van der Waals surface area (Å²) in [6, 6.07) is 6.39. The Bertz CT molecular complexity index is 372. The van der Waals surface area contributed by atoms with Gasteiger partial charge in [-0.15, -0.1) is 0 Å². The Hall–Kier alpha value is -1.06. The fourth-order valence-electron chi connectivity index (χ4n) is 2.27. The van der Waals surface area contributed by atoms with Crippen LogP contribution in [0, 0.1) is 6.92 Å². The van der Waals surface area contributed by atoms with Crippen LogP contribution in [-0.2, 0) is 10.2 Å². The molecule has 1 fully saturated rings. The molecule has 1 aromatic rings. The van der Waals surface area contributed by atoms with E-state index in [0.29, 0.717) is 0 Å². The molecule has 1 aromatic carbocycles. The molecule has 1 aliphatic heterocycles. The molecular formula is C13H19NO2. The standard InChI is InChI=1S/C13H19NO2/c1-10-6-11(4-5-12(10)15-3)13(7-14-2)8-16-9-13/h4-6,14H,7-9H2,1-3H3. The number of ether oxygens (including phenoxy) is 2. The van der Waals surface area contributed by atoms with Crippen molar-refractivity contribution in [1.82, 2.24) is 5.32 Å². The van der Waals surface area contributed by atoms with Gasteiger partial charge in [-0.2, -0.15) is 0 Å². The van der Waals surface area contributed by atoms with E-state index in [1.165, 1.54) is 11.1 Å². The third-order valence-corrected chi connectivity index (χ3v) is 3.28. The van der Waals surface area contributed by atoms with Gasteiger partial charge in [-0.3, -0.25) is 0 Å². The number of methoxy groups -OCH3 is 1. The normalized spacial score (nSPS) is 17.9. The second-order valence-electron chi connectivity index (χ2n) is 4.49. The summed E-state index contributed by atoms with van der Waals surface area (Å²) in [5, 5.41) is 3.25. The SMILES string of the molecule is CNCC1(c2ccc(OC)c(C)c2)COC1. The van der Waals surface area contributed by atoms with Gasteiger partial charge in [0.15, 0.2) is 0 Å². The molecule has 0 spiro atoms. The van der Waals surface area contributed by atoms with Gasteiger partial charge in [-0.25, -0.2) is 0 Å². The first kappa shape index (κ1) is 11.4. The van der Waals surface area contributed by atoms with Crippen LogP contribution in [-0.4, -0.2) is 33.9 Å². The molecule has 3 nitrogen and oxygen atoms in total. The molecule has 0 saturated carbocycles. The first-order chi connectivity index (χ1) is 7.72. The van der Waals surface area contributed by atoms with Crippen LogP contribution in [0.3, 0.4) is 0 Å². The zero-order chi connectivity index (χ0) is 11.6. The van der Waals surface area contributed by atoms with Crippen LogP contribution in [0.1, 0.15) is 11.1 Å². The lowest BCUT2D eigenvalue weighted by Crippen LogP contribution is -2.52. The topological polar surface area (TPSA) is 30.5 Å². The second-order valence-corrected chi connectivity index (χ2v) is 4.49. The molecule has 0 radical (unpaired) electrons. The third-order valence-electron chi connectivity index (χ3n) is 3.28. The minimum atomic E-state index is 0.159. The van der Waals surface area contributed by atoms with Gasteiger partial charge in [0.05, 0.1) is 25.7 Å². The lowest BCUT2D eigenvalue weighted by molar-refractivity contribution is -0.0582. The van der Waals surface area contributed by atoms with Crippen molar-refractivity contribution in [2.75, 3.05) is 33.9 Å². The molecule has 1 aliphatic rings. The summed E-state index contributed by atoms with van der Waals surface area (Å²) in [7, 11) is 3.69.